The number of hydrogen-bond acceptors (Lipinski definition) is 3. The third-order valence-corrected chi connectivity index (χ3v) is 4.93. The molecular formula is C14H23N3S. The molecule has 2 N–H and O–H groups in total. The van der Waals surface area contributed by atoms with E-state index in [-0.39, 0.29) is 6.04 Å². The molecule has 1 fully saturated rings. The highest BCUT2D eigenvalue weighted by Crippen LogP contribution is 2.29. The minimum atomic E-state index is 0.151. The molecule has 4 heteroatoms. The largest absolute Gasteiger partial charge is 0.387 e. The third kappa shape index (κ3) is 3.10. The predicted molar refractivity (Wildman–Crippen MR) is 78.2 cm³/mol. The van der Waals surface area contributed by atoms with E-state index in [1.807, 2.05) is 6.92 Å². The van der Waals surface area contributed by atoms with Crippen molar-refractivity contribution >= 4 is 17.2 Å². The highest BCUT2D eigenvalue weighted by molar-refractivity contribution is 7.11. The van der Waals surface area contributed by atoms with Crippen molar-refractivity contribution in [2.24, 2.45) is 16.6 Å². The molecule has 2 rings (SSSR count). The second-order valence-electron chi connectivity index (χ2n) is 5.25. The molecule has 0 aliphatic heterocycles. The number of aromatic nitrogens is 1. The van der Waals surface area contributed by atoms with E-state index >= 15 is 0 Å². The van der Waals surface area contributed by atoms with Gasteiger partial charge in [0.15, 0.2) is 0 Å². The van der Waals surface area contributed by atoms with Gasteiger partial charge in [0.05, 0.1) is 27.5 Å². The maximum Gasteiger partial charge on any atom is 0.0976 e. The zero-order valence-corrected chi connectivity index (χ0v) is 12.4. The molecule has 18 heavy (non-hydrogen) atoms. The van der Waals surface area contributed by atoms with Crippen LogP contribution in [0.25, 0.3) is 0 Å². The summed E-state index contributed by atoms with van der Waals surface area (Å²) < 4.78 is 0. The summed E-state index contributed by atoms with van der Waals surface area (Å²) in [6.07, 6.45) is 6.37. The predicted octanol–water partition coefficient (Wildman–Crippen LogP) is 3.76. The van der Waals surface area contributed by atoms with Gasteiger partial charge in [-0.2, -0.15) is 0 Å². The van der Waals surface area contributed by atoms with Gasteiger partial charge in [0.25, 0.3) is 0 Å². The Morgan fingerprint density at radius 1 is 1.33 bits per heavy atom. The zero-order chi connectivity index (χ0) is 13.1. The van der Waals surface area contributed by atoms with Gasteiger partial charge in [0.1, 0.15) is 0 Å². The van der Waals surface area contributed by atoms with Gasteiger partial charge in [0, 0.05) is 5.92 Å². The summed E-state index contributed by atoms with van der Waals surface area (Å²) >= 11 is 1.74. The van der Waals surface area contributed by atoms with Crippen molar-refractivity contribution in [1.29, 1.82) is 0 Å². The fourth-order valence-corrected chi connectivity index (χ4v) is 3.64. The molecule has 1 atom stereocenters. The Kier molecular flexibility index (Phi) is 4.38. The SMILES string of the molecule is Cc1nc(C)c(C(C)N=C(N)C2CCCCC2)s1. The van der Waals surface area contributed by atoms with Crippen LogP contribution in [0.5, 0.6) is 0 Å². The van der Waals surface area contributed by atoms with Crippen molar-refractivity contribution in [1.82, 2.24) is 4.98 Å². The number of amidine groups is 1. The molecule has 100 valence electrons. The summed E-state index contributed by atoms with van der Waals surface area (Å²) in [7, 11) is 0. The van der Waals surface area contributed by atoms with Crippen LogP contribution in [0, 0.1) is 19.8 Å². The molecule has 0 amide bonds. The van der Waals surface area contributed by atoms with Crippen molar-refractivity contribution in [3.8, 4) is 0 Å². The molecule has 3 nitrogen and oxygen atoms in total. The zero-order valence-electron chi connectivity index (χ0n) is 11.6. The van der Waals surface area contributed by atoms with Crippen LogP contribution in [0.3, 0.4) is 0 Å². The fourth-order valence-electron chi connectivity index (χ4n) is 2.72. The van der Waals surface area contributed by atoms with Gasteiger partial charge in [-0.1, -0.05) is 19.3 Å². The van der Waals surface area contributed by atoms with E-state index in [0.29, 0.717) is 5.92 Å². The second-order valence-corrected chi connectivity index (χ2v) is 6.48. The highest BCUT2D eigenvalue weighted by Gasteiger charge is 2.19. The fraction of sp³-hybridized carbons (Fsp3) is 0.714. The van der Waals surface area contributed by atoms with Crippen LogP contribution < -0.4 is 5.73 Å². The molecule has 1 aliphatic carbocycles. The van der Waals surface area contributed by atoms with Gasteiger partial charge < -0.3 is 5.73 Å². The summed E-state index contributed by atoms with van der Waals surface area (Å²) in [5.41, 5.74) is 7.28. The van der Waals surface area contributed by atoms with E-state index in [1.165, 1.54) is 37.0 Å². The maximum absolute atomic E-state index is 6.18. The molecule has 0 aromatic carbocycles. The molecular weight excluding hydrogens is 242 g/mol. The van der Waals surface area contributed by atoms with Crippen molar-refractivity contribution in [2.75, 3.05) is 0 Å². The van der Waals surface area contributed by atoms with Gasteiger partial charge in [-0.3, -0.25) is 4.99 Å². The molecule has 0 spiro atoms. The first kappa shape index (κ1) is 13.5. The van der Waals surface area contributed by atoms with Crippen LogP contribution in [-0.4, -0.2) is 10.8 Å². The van der Waals surface area contributed by atoms with Crippen LogP contribution in [0.15, 0.2) is 4.99 Å². The molecule has 1 saturated carbocycles. The van der Waals surface area contributed by atoms with E-state index in [9.17, 15) is 0 Å². The third-order valence-electron chi connectivity index (χ3n) is 3.69. The van der Waals surface area contributed by atoms with E-state index in [0.717, 1.165) is 16.5 Å². The lowest BCUT2D eigenvalue weighted by Gasteiger charge is -2.21. The number of rotatable bonds is 3. The van der Waals surface area contributed by atoms with Crippen LogP contribution >= 0.6 is 11.3 Å². The molecule has 0 radical (unpaired) electrons. The van der Waals surface area contributed by atoms with E-state index < -0.39 is 0 Å². The Balaban J connectivity index is 2.09. The Morgan fingerprint density at radius 2 is 2.00 bits per heavy atom. The first-order chi connectivity index (χ1) is 8.58. The number of hydrogen-bond donors (Lipinski definition) is 1. The number of aryl methyl sites for hydroxylation is 2. The number of nitrogens with zero attached hydrogens (tertiary/aromatic N) is 2. The van der Waals surface area contributed by atoms with Crippen molar-refractivity contribution in [3.05, 3.63) is 15.6 Å². The average molecular weight is 265 g/mol. The summed E-state index contributed by atoms with van der Waals surface area (Å²) in [5.74, 6) is 1.36. The van der Waals surface area contributed by atoms with Gasteiger partial charge >= 0.3 is 0 Å². The van der Waals surface area contributed by atoms with Gasteiger partial charge in [0.2, 0.25) is 0 Å². The molecule has 0 bridgehead atoms. The summed E-state index contributed by atoms with van der Waals surface area (Å²) in [6.45, 7) is 6.22. The normalized spacial score (nSPS) is 20.1. The quantitative estimate of drug-likeness (QED) is 0.668. The number of aliphatic imine (C=N–C) groups is 1. The molecule has 1 unspecified atom stereocenters. The monoisotopic (exact) mass is 265 g/mol. The smallest absolute Gasteiger partial charge is 0.0976 e. The first-order valence-corrected chi connectivity index (χ1v) is 7.66. The van der Waals surface area contributed by atoms with Crippen LogP contribution in [0.1, 0.15) is 60.6 Å². The lowest BCUT2D eigenvalue weighted by molar-refractivity contribution is 0.435. The van der Waals surface area contributed by atoms with Gasteiger partial charge in [-0.25, -0.2) is 4.98 Å². The van der Waals surface area contributed by atoms with E-state index in [4.69, 9.17) is 10.7 Å². The number of thiazole rings is 1. The Morgan fingerprint density at radius 3 is 2.56 bits per heavy atom. The highest BCUT2D eigenvalue weighted by atomic mass is 32.1. The Labute approximate surface area is 114 Å². The van der Waals surface area contributed by atoms with Crippen molar-refractivity contribution in [3.63, 3.8) is 0 Å². The molecule has 0 saturated heterocycles. The lowest BCUT2D eigenvalue weighted by Crippen LogP contribution is -2.26. The molecule has 1 aliphatic rings. The van der Waals surface area contributed by atoms with Crippen LogP contribution in [-0.2, 0) is 0 Å². The second kappa shape index (κ2) is 5.83. The van der Waals surface area contributed by atoms with Gasteiger partial charge in [-0.15, -0.1) is 11.3 Å². The molecule has 1 aromatic heterocycles. The Bertz CT molecular complexity index is 430. The minimum Gasteiger partial charge on any atom is -0.387 e. The topological polar surface area (TPSA) is 51.3 Å². The molecule has 1 heterocycles. The average Bonchev–Trinajstić information content (AvgIpc) is 2.69. The first-order valence-electron chi connectivity index (χ1n) is 6.85. The summed E-state index contributed by atoms with van der Waals surface area (Å²) in [6, 6.07) is 0.151. The van der Waals surface area contributed by atoms with Crippen LogP contribution in [0.4, 0.5) is 0 Å². The summed E-state index contributed by atoms with van der Waals surface area (Å²) in [4.78, 5) is 10.4. The lowest BCUT2D eigenvalue weighted by atomic mass is 9.88. The molecule has 1 aromatic rings. The van der Waals surface area contributed by atoms with Crippen LogP contribution in [0.2, 0.25) is 0 Å². The van der Waals surface area contributed by atoms with Gasteiger partial charge in [-0.05, 0) is 33.6 Å². The number of nitrogens with two attached hydrogens (primary N) is 1. The summed E-state index contributed by atoms with van der Waals surface area (Å²) in [5, 5.41) is 1.11. The van der Waals surface area contributed by atoms with E-state index in [1.54, 1.807) is 11.3 Å². The Hall–Kier alpha value is -0.900. The van der Waals surface area contributed by atoms with Crippen molar-refractivity contribution < 1.29 is 0 Å². The van der Waals surface area contributed by atoms with Crippen molar-refractivity contribution in [2.45, 2.75) is 58.9 Å². The minimum absolute atomic E-state index is 0.151. The maximum atomic E-state index is 6.18. The van der Waals surface area contributed by atoms with E-state index in [2.05, 4.69) is 18.8 Å². The standard InChI is InChI=1S/C14H23N3S/c1-9-13(18-11(3)16-9)10(2)17-14(15)12-7-5-4-6-8-12/h10,12H,4-8H2,1-3H3,(H2,15,17).